The molecule has 2 heterocycles. The molecule has 1 fully saturated rings. The first-order chi connectivity index (χ1) is 12.9. The van der Waals surface area contributed by atoms with E-state index in [4.69, 9.17) is 24.3 Å². The second-order valence-corrected chi connectivity index (χ2v) is 8.37. The number of imidazole rings is 1. The molecule has 0 spiro atoms. The summed E-state index contributed by atoms with van der Waals surface area (Å²) in [5, 5.41) is 0. The molecule has 1 aliphatic rings. The number of anilines is 1. The fourth-order valence-corrected chi connectivity index (χ4v) is 4.46. The van der Waals surface area contributed by atoms with Crippen molar-refractivity contribution in [2.24, 2.45) is 0 Å². The van der Waals surface area contributed by atoms with Crippen LogP contribution < -0.4 is 5.73 Å². The zero-order valence-corrected chi connectivity index (χ0v) is 16.2. The van der Waals surface area contributed by atoms with E-state index in [-0.39, 0.29) is 12.1 Å². The molecule has 11 nitrogen and oxygen atoms in total. The molecule has 1 unspecified atom stereocenters. The van der Waals surface area contributed by atoms with Crippen molar-refractivity contribution in [3.63, 3.8) is 0 Å². The standard InChI is InChI=1S/C15H22N5O6P/c1-23-14(21)15(27(22,24-2)25-3)26-10-5-4-9(6-10)20-8-19-11-12(16)17-7-18-13(11)20/h7-10,15H,4-6H2,1-3H3,(H2,16,17,18)/t9-,10+,15?/m1/s1. The fraction of sp³-hybridized carbons (Fsp3) is 0.600. The monoisotopic (exact) mass is 399 g/mol. The van der Waals surface area contributed by atoms with Crippen molar-refractivity contribution in [2.45, 2.75) is 37.3 Å². The molecule has 3 rings (SSSR count). The summed E-state index contributed by atoms with van der Waals surface area (Å²) < 4.78 is 34.9. The number of hydrogen-bond acceptors (Lipinski definition) is 10. The van der Waals surface area contributed by atoms with Gasteiger partial charge in [0, 0.05) is 20.3 Å². The van der Waals surface area contributed by atoms with E-state index < -0.39 is 19.4 Å². The van der Waals surface area contributed by atoms with Gasteiger partial charge >= 0.3 is 13.6 Å². The van der Waals surface area contributed by atoms with Gasteiger partial charge in [-0.1, -0.05) is 0 Å². The number of rotatable bonds is 7. The maximum absolute atomic E-state index is 12.6. The zero-order chi connectivity index (χ0) is 19.6. The number of fused-ring (bicyclic) bond motifs is 1. The Balaban J connectivity index is 1.77. The SMILES string of the molecule is COC(=O)C(O[C@H]1CC[C@@H](n2cnc3c(N)ncnc32)C1)P(=O)(OC)OC. The van der Waals surface area contributed by atoms with E-state index in [1.165, 1.54) is 27.7 Å². The Morgan fingerprint density at radius 2 is 2.00 bits per heavy atom. The summed E-state index contributed by atoms with van der Waals surface area (Å²) in [6.07, 6.45) is 4.68. The van der Waals surface area contributed by atoms with Crippen LogP contribution in [0.25, 0.3) is 11.2 Å². The smallest absolute Gasteiger partial charge is 0.370 e. The average molecular weight is 399 g/mol. The van der Waals surface area contributed by atoms with Gasteiger partial charge in [-0.15, -0.1) is 0 Å². The minimum absolute atomic E-state index is 0.0390. The number of nitrogens with two attached hydrogens (primary N) is 1. The number of esters is 1. The number of hydrogen-bond donors (Lipinski definition) is 1. The van der Waals surface area contributed by atoms with Gasteiger partial charge in [-0.2, -0.15) is 0 Å². The zero-order valence-electron chi connectivity index (χ0n) is 15.3. The minimum atomic E-state index is -3.79. The highest BCUT2D eigenvalue weighted by Crippen LogP contribution is 2.53. The summed E-state index contributed by atoms with van der Waals surface area (Å²) in [5.41, 5.74) is 7.00. The van der Waals surface area contributed by atoms with Crippen LogP contribution >= 0.6 is 7.60 Å². The van der Waals surface area contributed by atoms with Crippen LogP contribution in [0.1, 0.15) is 25.3 Å². The van der Waals surface area contributed by atoms with Crippen LogP contribution in [0, 0.1) is 0 Å². The third-order valence-electron chi connectivity index (χ3n) is 4.66. The minimum Gasteiger partial charge on any atom is -0.467 e. The van der Waals surface area contributed by atoms with Crippen LogP contribution in [-0.2, 0) is 27.9 Å². The summed E-state index contributed by atoms with van der Waals surface area (Å²) in [6, 6.07) is 0.0390. The Bertz CT molecular complexity index is 865. The van der Waals surface area contributed by atoms with E-state index in [0.717, 1.165) is 6.42 Å². The molecule has 3 atom stereocenters. The van der Waals surface area contributed by atoms with Crippen molar-refractivity contribution < 1.29 is 27.9 Å². The van der Waals surface area contributed by atoms with Gasteiger partial charge in [0.2, 0.25) is 0 Å². The van der Waals surface area contributed by atoms with Crippen LogP contribution in [-0.4, -0.2) is 58.8 Å². The van der Waals surface area contributed by atoms with Crippen molar-refractivity contribution >= 4 is 30.5 Å². The molecule has 148 valence electrons. The molecule has 12 heteroatoms. The predicted octanol–water partition coefficient (Wildman–Crippen LogP) is 1.50. The summed E-state index contributed by atoms with van der Waals surface area (Å²) in [6.45, 7) is 0. The van der Waals surface area contributed by atoms with Crippen molar-refractivity contribution in [1.82, 2.24) is 19.5 Å². The molecular weight excluding hydrogens is 377 g/mol. The van der Waals surface area contributed by atoms with E-state index in [0.29, 0.717) is 29.8 Å². The normalized spacial score (nSPS) is 21.4. The lowest BCUT2D eigenvalue weighted by Crippen LogP contribution is -2.30. The van der Waals surface area contributed by atoms with Gasteiger partial charge in [0.25, 0.3) is 5.85 Å². The van der Waals surface area contributed by atoms with Crippen molar-refractivity contribution in [3.8, 4) is 0 Å². The van der Waals surface area contributed by atoms with Crippen LogP contribution in [0.4, 0.5) is 5.82 Å². The molecule has 0 saturated heterocycles. The van der Waals surface area contributed by atoms with Gasteiger partial charge in [0.1, 0.15) is 11.8 Å². The van der Waals surface area contributed by atoms with Crippen LogP contribution in [0.2, 0.25) is 0 Å². The van der Waals surface area contributed by atoms with E-state index in [1.54, 1.807) is 6.33 Å². The number of carbonyl (C=O) groups is 1. The van der Waals surface area contributed by atoms with E-state index in [9.17, 15) is 9.36 Å². The molecule has 2 aromatic rings. The lowest BCUT2D eigenvalue weighted by Gasteiger charge is -2.25. The maximum Gasteiger partial charge on any atom is 0.370 e. The summed E-state index contributed by atoms with van der Waals surface area (Å²) in [5.74, 6) is -1.94. The first-order valence-corrected chi connectivity index (χ1v) is 9.92. The number of ether oxygens (including phenoxy) is 2. The number of aromatic nitrogens is 4. The van der Waals surface area contributed by atoms with Crippen LogP contribution in [0.5, 0.6) is 0 Å². The summed E-state index contributed by atoms with van der Waals surface area (Å²) in [7, 11) is -0.213. The molecule has 0 aliphatic heterocycles. The molecule has 2 aromatic heterocycles. The van der Waals surface area contributed by atoms with Crippen LogP contribution in [0.3, 0.4) is 0 Å². The van der Waals surface area contributed by atoms with E-state index in [1.807, 2.05) is 4.57 Å². The lowest BCUT2D eigenvalue weighted by atomic mass is 10.2. The molecule has 1 saturated carbocycles. The molecular formula is C15H22N5O6P. The second-order valence-electron chi connectivity index (χ2n) is 6.09. The van der Waals surface area contributed by atoms with E-state index >= 15 is 0 Å². The van der Waals surface area contributed by atoms with Gasteiger partial charge in [-0.3, -0.25) is 4.57 Å². The molecule has 2 N–H and O–H groups in total. The largest absolute Gasteiger partial charge is 0.467 e. The summed E-state index contributed by atoms with van der Waals surface area (Å²) in [4.78, 5) is 24.5. The maximum atomic E-state index is 12.6. The van der Waals surface area contributed by atoms with Crippen molar-refractivity contribution in [1.29, 1.82) is 0 Å². The quantitative estimate of drug-likeness (QED) is 0.538. The third-order valence-corrected chi connectivity index (χ3v) is 6.58. The fourth-order valence-electron chi connectivity index (χ4n) is 3.24. The molecule has 0 bridgehead atoms. The average Bonchev–Trinajstić information content (AvgIpc) is 3.32. The third kappa shape index (κ3) is 3.68. The van der Waals surface area contributed by atoms with Gasteiger partial charge in [-0.25, -0.2) is 19.7 Å². The Labute approximate surface area is 155 Å². The van der Waals surface area contributed by atoms with Crippen molar-refractivity contribution in [3.05, 3.63) is 12.7 Å². The Kier molecular flexibility index (Phi) is 5.75. The van der Waals surface area contributed by atoms with Gasteiger partial charge < -0.3 is 28.8 Å². The van der Waals surface area contributed by atoms with Crippen molar-refractivity contribution in [2.75, 3.05) is 27.1 Å². The number of methoxy groups -OCH3 is 1. The second kappa shape index (κ2) is 7.89. The van der Waals surface area contributed by atoms with Crippen LogP contribution in [0.15, 0.2) is 12.7 Å². The van der Waals surface area contributed by atoms with Gasteiger partial charge in [0.05, 0.1) is 19.5 Å². The van der Waals surface area contributed by atoms with E-state index in [2.05, 4.69) is 15.0 Å². The molecule has 0 radical (unpaired) electrons. The molecule has 0 aromatic carbocycles. The number of nitrogens with zero attached hydrogens (tertiary/aromatic N) is 4. The first-order valence-electron chi connectivity index (χ1n) is 8.31. The first kappa shape index (κ1) is 19.7. The topological polar surface area (TPSA) is 141 Å². The highest BCUT2D eigenvalue weighted by molar-refractivity contribution is 7.55. The Morgan fingerprint density at radius 3 is 2.67 bits per heavy atom. The van der Waals surface area contributed by atoms with Gasteiger partial charge in [-0.05, 0) is 19.3 Å². The number of nitrogen functional groups attached to an aromatic ring is 1. The lowest BCUT2D eigenvalue weighted by molar-refractivity contribution is -0.152. The molecule has 0 amide bonds. The highest BCUT2D eigenvalue weighted by atomic mass is 31.2. The summed E-state index contributed by atoms with van der Waals surface area (Å²) >= 11 is 0. The Hall–Kier alpha value is -2.07. The highest BCUT2D eigenvalue weighted by Gasteiger charge is 2.45. The van der Waals surface area contributed by atoms with Gasteiger partial charge in [0.15, 0.2) is 11.5 Å². The predicted molar refractivity (Wildman–Crippen MR) is 94.9 cm³/mol. The molecule has 1 aliphatic carbocycles. The molecule has 27 heavy (non-hydrogen) atoms. The Morgan fingerprint density at radius 1 is 1.26 bits per heavy atom. The number of carbonyl (C=O) groups excluding carboxylic acids is 1.